The average Bonchev–Trinajstić information content (AvgIpc) is 2.90. The number of rotatable bonds is 5. The average molecular weight is 251 g/mol. The lowest BCUT2D eigenvalue weighted by Gasteiger charge is -2.24. The number of aromatic nitrogens is 3. The van der Waals surface area contributed by atoms with Crippen molar-refractivity contribution in [3.63, 3.8) is 0 Å². The molecule has 6 nitrogen and oxygen atoms in total. The molecule has 6 heteroatoms. The van der Waals surface area contributed by atoms with Crippen LogP contribution in [0.4, 0.5) is 0 Å². The summed E-state index contributed by atoms with van der Waals surface area (Å²) in [5, 5.41) is 9.99. The van der Waals surface area contributed by atoms with Crippen molar-refractivity contribution in [3.05, 3.63) is 12.2 Å². The Morgan fingerprint density at radius 2 is 2.44 bits per heavy atom. The molecule has 0 bridgehead atoms. The molecule has 1 fully saturated rings. The van der Waals surface area contributed by atoms with Crippen LogP contribution in [0.25, 0.3) is 0 Å². The van der Waals surface area contributed by atoms with Gasteiger partial charge in [-0.3, -0.25) is 9.89 Å². The smallest absolute Gasteiger partial charge is 0.222 e. The number of nitrogens with zero attached hydrogens (tertiary/aromatic N) is 3. The van der Waals surface area contributed by atoms with E-state index in [9.17, 15) is 4.79 Å². The van der Waals surface area contributed by atoms with Crippen molar-refractivity contribution < 1.29 is 4.79 Å². The molecule has 1 unspecified atom stereocenters. The number of hydrogen-bond acceptors (Lipinski definition) is 4. The molecule has 0 aliphatic carbocycles. The molecule has 0 saturated carbocycles. The summed E-state index contributed by atoms with van der Waals surface area (Å²) in [4.78, 5) is 17.7. The third-order valence-corrected chi connectivity index (χ3v) is 3.40. The van der Waals surface area contributed by atoms with Gasteiger partial charge in [0.05, 0.1) is 6.54 Å². The molecule has 2 rings (SSSR count). The largest absolute Gasteiger partial charge is 0.338 e. The van der Waals surface area contributed by atoms with Crippen molar-refractivity contribution in [2.45, 2.75) is 44.7 Å². The molecular weight excluding hydrogens is 230 g/mol. The van der Waals surface area contributed by atoms with Crippen LogP contribution in [0.1, 0.15) is 37.9 Å². The first-order valence-electron chi connectivity index (χ1n) is 6.57. The van der Waals surface area contributed by atoms with Gasteiger partial charge >= 0.3 is 0 Å². The molecule has 0 aromatic carbocycles. The minimum absolute atomic E-state index is 0.166. The van der Waals surface area contributed by atoms with E-state index in [1.54, 1.807) is 11.9 Å². The van der Waals surface area contributed by atoms with Crippen LogP contribution in [0.2, 0.25) is 0 Å². The minimum atomic E-state index is 0.166. The molecule has 100 valence electrons. The van der Waals surface area contributed by atoms with Gasteiger partial charge in [0.15, 0.2) is 0 Å². The van der Waals surface area contributed by atoms with E-state index < -0.39 is 0 Å². The Morgan fingerprint density at radius 3 is 3.11 bits per heavy atom. The van der Waals surface area contributed by atoms with E-state index in [-0.39, 0.29) is 5.91 Å². The van der Waals surface area contributed by atoms with E-state index in [1.165, 1.54) is 25.6 Å². The van der Waals surface area contributed by atoms with Gasteiger partial charge in [-0.2, -0.15) is 5.10 Å². The lowest BCUT2D eigenvalue weighted by molar-refractivity contribution is -0.130. The number of hydrogen-bond donors (Lipinski definition) is 2. The first-order chi connectivity index (χ1) is 8.75. The number of carbonyl (C=O) groups excluding carboxylic acids is 1. The number of aromatic amines is 1. The predicted molar refractivity (Wildman–Crippen MR) is 67.7 cm³/mol. The fourth-order valence-electron chi connectivity index (χ4n) is 2.28. The Morgan fingerprint density at radius 1 is 1.56 bits per heavy atom. The summed E-state index contributed by atoms with van der Waals surface area (Å²) in [6.07, 6.45) is 6.72. The Kier molecular flexibility index (Phi) is 4.69. The van der Waals surface area contributed by atoms with Gasteiger partial charge in [-0.25, -0.2) is 4.98 Å². The van der Waals surface area contributed by atoms with Crippen molar-refractivity contribution >= 4 is 5.91 Å². The zero-order chi connectivity index (χ0) is 12.8. The van der Waals surface area contributed by atoms with Gasteiger partial charge in [0.25, 0.3) is 0 Å². The lowest BCUT2D eigenvalue weighted by atomic mass is 10.0. The highest BCUT2D eigenvalue weighted by molar-refractivity contribution is 5.75. The van der Waals surface area contributed by atoms with Crippen LogP contribution in [-0.2, 0) is 11.3 Å². The molecule has 1 atom stereocenters. The standard InChI is InChI=1S/C12H21N5O/c1-17(8-11-14-9-15-16-11)12(18)6-5-10-4-2-3-7-13-10/h9-10,13H,2-8H2,1H3,(H,14,15,16). The van der Waals surface area contributed by atoms with Crippen molar-refractivity contribution in [2.75, 3.05) is 13.6 Å². The zero-order valence-corrected chi connectivity index (χ0v) is 10.9. The van der Waals surface area contributed by atoms with Crippen LogP contribution in [0.15, 0.2) is 6.33 Å². The molecule has 1 amide bonds. The second-order valence-corrected chi connectivity index (χ2v) is 4.87. The van der Waals surface area contributed by atoms with Crippen molar-refractivity contribution in [3.8, 4) is 0 Å². The number of piperidine rings is 1. The Bertz CT molecular complexity index is 359. The molecule has 1 aliphatic heterocycles. The van der Waals surface area contributed by atoms with E-state index in [4.69, 9.17) is 0 Å². The minimum Gasteiger partial charge on any atom is -0.338 e. The summed E-state index contributed by atoms with van der Waals surface area (Å²) in [5.41, 5.74) is 0. The second kappa shape index (κ2) is 6.49. The molecule has 1 aromatic rings. The van der Waals surface area contributed by atoms with Gasteiger partial charge < -0.3 is 10.2 Å². The maximum atomic E-state index is 11.9. The van der Waals surface area contributed by atoms with E-state index in [2.05, 4.69) is 20.5 Å². The van der Waals surface area contributed by atoms with Crippen molar-refractivity contribution in [2.24, 2.45) is 0 Å². The highest BCUT2D eigenvalue weighted by Crippen LogP contribution is 2.12. The van der Waals surface area contributed by atoms with Crippen LogP contribution >= 0.6 is 0 Å². The van der Waals surface area contributed by atoms with Gasteiger partial charge in [-0.1, -0.05) is 6.42 Å². The SMILES string of the molecule is CN(Cc1ncn[nH]1)C(=O)CCC1CCCCN1. The van der Waals surface area contributed by atoms with Crippen LogP contribution in [0, 0.1) is 0 Å². The normalized spacial score (nSPS) is 19.7. The molecule has 1 aliphatic rings. The van der Waals surface area contributed by atoms with E-state index in [1.807, 2.05) is 0 Å². The Hall–Kier alpha value is -1.43. The third kappa shape index (κ3) is 3.80. The van der Waals surface area contributed by atoms with Gasteiger partial charge in [-0.15, -0.1) is 0 Å². The fourth-order valence-corrected chi connectivity index (χ4v) is 2.28. The van der Waals surface area contributed by atoms with Crippen LogP contribution < -0.4 is 5.32 Å². The van der Waals surface area contributed by atoms with Gasteiger partial charge in [-0.05, 0) is 25.8 Å². The first-order valence-corrected chi connectivity index (χ1v) is 6.57. The number of nitrogens with one attached hydrogen (secondary N) is 2. The molecule has 0 spiro atoms. The van der Waals surface area contributed by atoms with E-state index in [0.29, 0.717) is 19.0 Å². The van der Waals surface area contributed by atoms with E-state index >= 15 is 0 Å². The van der Waals surface area contributed by atoms with Crippen molar-refractivity contribution in [1.29, 1.82) is 0 Å². The number of carbonyl (C=O) groups is 1. The Labute approximate surface area is 107 Å². The predicted octanol–water partition coefficient (Wildman–Crippen LogP) is 0.685. The van der Waals surface area contributed by atoms with Crippen molar-refractivity contribution in [1.82, 2.24) is 25.4 Å². The summed E-state index contributed by atoms with van der Waals surface area (Å²) in [6, 6.07) is 0.515. The zero-order valence-electron chi connectivity index (χ0n) is 10.9. The van der Waals surface area contributed by atoms with Gasteiger partial charge in [0, 0.05) is 19.5 Å². The molecular formula is C12H21N5O. The maximum Gasteiger partial charge on any atom is 0.222 e. The first kappa shape index (κ1) is 13.0. The highest BCUT2D eigenvalue weighted by atomic mass is 16.2. The highest BCUT2D eigenvalue weighted by Gasteiger charge is 2.16. The number of amides is 1. The molecule has 2 heterocycles. The summed E-state index contributed by atoms with van der Waals surface area (Å²) < 4.78 is 0. The summed E-state index contributed by atoms with van der Waals surface area (Å²) in [5.74, 6) is 0.889. The van der Waals surface area contributed by atoms with E-state index in [0.717, 1.165) is 18.8 Å². The maximum absolute atomic E-state index is 11.9. The summed E-state index contributed by atoms with van der Waals surface area (Å²) in [6.45, 7) is 1.59. The molecule has 1 saturated heterocycles. The molecule has 2 N–H and O–H groups in total. The second-order valence-electron chi connectivity index (χ2n) is 4.87. The summed E-state index contributed by atoms with van der Waals surface area (Å²) >= 11 is 0. The van der Waals surface area contributed by atoms with Crippen LogP contribution in [-0.4, -0.2) is 45.6 Å². The van der Waals surface area contributed by atoms with Crippen LogP contribution in [0.5, 0.6) is 0 Å². The molecule has 0 radical (unpaired) electrons. The van der Waals surface area contributed by atoms with Crippen LogP contribution in [0.3, 0.4) is 0 Å². The third-order valence-electron chi connectivity index (χ3n) is 3.40. The topological polar surface area (TPSA) is 73.9 Å². The lowest BCUT2D eigenvalue weighted by Crippen LogP contribution is -2.35. The summed E-state index contributed by atoms with van der Waals surface area (Å²) in [7, 11) is 1.80. The molecule has 18 heavy (non-hydrogen) atoms. The van der Waals surface area contributed by atoms with Gasteiger partial charge in [0.1, 0.15) is 12.2 Å². The fraction of sp³-hybridized carbons (Fsp3) is 0.750. The van der Waals surface area contributed by atoms with Gasteiger partial charge in [0.2, 0.25) is 5.91 Å². The molecule has 1 aromatic heterocycles. The Balaban J connectivity index is 1.70. The monoisotopic (exact) mass is 251 g/mol. The number of H-pyrrole nitrogens is 1. The quantitative estimate of drug-likeness (QED) is 0.807.